The summed E-state index contributed by atoms with van der Waals surface area (Å²) >= 11 is 9.66. The standard InChI is InChI=1S/C19H20BrClN6O3/c1-19(22)3-6-26(7-4-19)12-8-11(18(29)30)13-15(25-27(9-28)17(13)24-12)10-2-5-23-16(20)14(10)21/h2,5,8,28H,3-4,6-7,9,22H2,1H3,(H,29,30). The number of nitrogens with two attached hydrogens (primary N) is 1. The number of fused-ring (bicyclic) bond motifs is 1. The van der Waals surface area contributed by atoms with Crippen molar-refractivity contribution in [2.75, 3.05) is 18.0 Å². The first-order valence-electron chi connectivity index (χ1n) is 9.32. The number of carboxylic acids is 1. The largest absolute Gasteiger partial charge is 0.478 e. The van der Waals surface area contributed by atoms with Gasteiger partial charge >= 0.3 is 5.97 Å². The molecule has 1 saturated heterocycles. The Labute approximate surface area is 185 Å². The molecule has 0 amide bonds. The lowest BCUT2D eigenvalue weighted by Crippen LogP contribution is -2.48. The van der Waals surface area contributed by atoms with E-state index >= 15 is 0 Å². The maximum atomic E-state index is 12.2. The number of halogens is 2. The lowest BCUT2D eigenvalue weighted by Gasteiger charge is -2.37. The van der Waals surface area contributed by atoms with E-state index in [0.717, 1.165) is 12.8 Å². The van der Waals surface area contributed by atoms with Crippen LogP contribution in [0.4, 0.5) is 5.82 Å². The van der Waals surface area contributed by atoms with Gasteiger partial charge in [-0.25, -0.2) is 19.4 Å². The number of aromatic carboxylic acids is 1. The molecule has 0 aliphatic carbocycles. The fourth-order valence-corrected chi connectivity index (χ4v) is 4.16. The predicted octanol–water partition coefficient (Wildman–Crippen LogP) is 2.87. The van der Waals surface area contributed by atoms with E-state index < -0.39 is 12.7 Å². The first-order valence-corrected chi connectivity index (χ1v) is 10.5. The number of aliphatic hydroxyl groups excluding tert-OH is 1. The molecule has 0 atom stereocenters. The van der Waals surface area contributed by atoms with Crippen molar-refractivity contribution in [1.29, 1.82) is 0 Å². The van der Waals surface area contributed by atoms with Crippen molar-refractivity contribution in [3.8, 4) is 11.3 Å². The zero-order valence-electron chi connectivity index (χ0n) is 16.1. The van der Waals surface area contributed by atoms with Crippen LogP contribution >= 0.6 is 27.5 Å². The van der Waals surface area contributed by atoms with E-state index in [0.29, 0.717) is 45.2 Å². The summed E-state index contributed by atoms with van der Waals surface area (Å²) in [6, 6.07) is 3.18. The Kier molecular flexibility index (Phi) is 5.43. The van der Waals surface area contributed by atoms with Gasteiger partial charge in [0.05, 0.1) is 16.0 Å². The lowest BCUT2D eigenvalue weighted by molar-refractivity contribution is 0.0699. The van der Waals surface area contributed by atoms with Crippen LogP contribution in [0, 0.1) is 0 Å². The molecule has 0 aromatic carbocycles. The molecule has 158 valence electrons. The van der Waals surface area contributed by atoms with Crippen molar-refractivity contribution < 1.29 is 15.0 Å². The van der Waals surface area contributed by atoms with Crippen LogP contribution < -0.4 is 10.6 Å². The summed E-state index contributed by atoms with van der Waals surface area (Å²) < 4.78 is 1.68. The van der Waals surface area contributed by atoms with Gasteiger partial charge in [0.25, 0.3) is 0 Å². The zero-order valence-corrected chi connectivity index (χ0v) is 18.5. The molecule has 0 bridgehead atoms. The van der Waals surface area contributed by atoms with Crippen molar-refractivity contribution >= 4 is 50.4 Å². The van der Waals surface area contributed by atoms with E-state index in [-0.39, 0.29) is 16.7 Å². The molecular formula is C19H20BrClN6O3. The number of anilines is 1. The van der Waals surface area contributed by atoms with Gasteiger partial charge in [0.15, 0.2) is 5.65 Å². The second-order valence-electron chi connectivity index (χ2n) is 7.63. The van der Waals surface area contributed by atoms with Gasteiger partial charge in [0.2, 0.25) is 0 Å². The maximum absolute atomic E-state index is 12.2. The average Bonchev–Trinajstić information content (AvgIpc) is 3.07. The highest BCUT2D eigenvalue weighted by molar-refractivity contribution is 9.10. The third-order valence-corrected chi connectivity index (χ3v) is 6.60. The summed E-state index contributed by atoms with van der Waals surface area (Å²) in [5.41, 5.74) is 7.08. The molecule has 0 radical (unpaired) electrons. The number of carboxylic acid groups (broad SMARTS) is 1. The van der Waals surface area contributed by atoms with Crippen LogP contribution in [0.25, 0.3) is 22.3 Å². The van der Waals surface area contributed by atoms with Crippen LogP contribution in [-0.2, 0) is 6.73 Å². The third kappa shape index (κ3) is 3.64. The van der Waals surface area contributed by atoms with Crippen molar-refractivity contribution in [2.24, 2.45) is 5.73 Å². The minimum absolute atomic E-state index is 0.0368. The Balaban J connectivity index is 1.93. The number of carbonyl (C=O) groups is 1. The van der Waals surface area contributed by atoms with Crippen LogP contribution in [0.2, 0.25) is 5.02 Å². The number of rotatable bonds is 4. The summed E-state index contributed by atoms with van der Waals surface area (Å²) in [5.74, 6) is -0.606. The Hall–Kier alpha value is -2.27. The molecule has 0 saturated carbocycles. The monoisotopic (exact) mass is 494 g/mol. The van der Waals surface area contributed by atoms with Crippen molar-refractivity contribution in [1.82, 2.24) is 19.7 Å². The van der Waals surface area contributed by atoms with E-state index in [1.807, 2.05) is 11.8 Å². The minimum atomic E-state index is -1.12. The molecule has 9 nitrogen and oxygen atoms in total. The van der Waals surface area contributed by atoms with Crippen LogP contribution in [0.3, 0.4) is 0 Å². The molecule has 4 rings (SSSR count). The van der Waals surface area contributed by atoms with Gasteiger partial charge in [-0.3, -0.25) is 0 Å². The zero-order chi connectivity index (χ0) is 21.6. The topological polar surface area (TPSA) is 130 Å². The van der Waals surface area contributed by atoms with Gasteiger partial charge in [-0.15, -0.1) is 0 Å². The second kappa shape index (κ2) is 7.77. The minimum Gasteiger partial charge on any atom is -0.478 e. The maximum Gasteiger partial charge on any atom is 0.336 e. The predicted molar refractivity (Wildman–Crippen MR) is 117 cm³/mol. The van der Waals surface area contributed by atoms with Gasteiger partial charge in [-0.2, -0.15) is 5.10 Å². The molecule has 1 aliphatic heterocycles. The number of pyridine rings is 2. The van der Waals surface area contributed by atoms with E-state index in [2.05, 4.69) is 31.0 Å². The number of nitrogens with zero attached hydrogens (tertiary/aromatic N) is 5. The fraction of sp³-hybridized carbons (Fsp3) is 0.368. The Morgan fingerprint density at radius 1 is 1.40 bits per heavy atom. The van der Waals surface area contributed by atoms with Gasteiger partial charge in [0.1, 0.15) is 22.8 Å². The Bertz CT molecular complexity index is 1140. The first-order chi connectivity index (χ1) is 14.2. The first kappa shape index (κ1) is 21.0. The number of piperidine rings is 1. The van der Waals surface area contributed by atoms with Crippen LogP contribution in [0.15, 0.2) is 22.9 Å². The summed E-state index contributed by atoms with van der Waals surface area (Å²) in [7, 11) is 0. The van der Waals surface area contributed by atoms with Gasteiger partial charge in [-0.1, -0.05) is 11.6 Å². The molecule has 0 spiro atoms. The molecule has 1 fully saturated rings. The normalized spacial score (nSPS) is 16.2. The van der Waals surface area contributed by atoms with E-state index in [9.17, 15) is 15.0 Å². The smallest absolute Gasteiger partial charge is 0.336 e. The van der Waals surface area contributed by atoms with Crippen LogP contribution in [0.5, 0.6) is 0 Å². The highest BCUT2D eigenvalue weighted by Crippen LogP contribution is 2.38. The SMILES string of the molecule is CC1(N)CCN(c2cc(C(=O)O)c3c(-c4ccnc(Br)c4Cl)nn(CO)c3n2)CC1. The summed E-state index contributed by atoms with van der Waals surface area (Å²) in [6.45, 7) is 2.87. The van der Waals surface area contributed by atoms with Gasteiger partial charge in [0, 0.05) is 30.4 Å². The molecule has 0 unspecified atom stereocenters. The number of aliphatic hydroxyl groups is 1. The molecule has 4 N–H and O–H groups in total. The summed E-state index contributed by atoms with van der Waals surface area (Å²) in [5, 5.41) is 24.8. The number of aromatic nitrogens is 4. The van der Waals surface area contributed by atoms with Crippen molar-refractivity contribution in [3.63, 3.8) is 0 Å². The highest BCUT2D eigenvalue weighted by atomic mass is 79.9. The summed E-state index contributed by atoms with van der Waals surface area (Å²) in [4.78, 5) is 22.9. The fourth-order valence-electron chi connectivity index (χ4n) is 3.62. The van der Waals surface area contributed by atoms with Crippen molar-refractivity contribution in [3.05, 3.63) is 33.5 Å². The van der Waals surface area contributed by atoms with Gasteiger partial charge in [-0.05, 0) is 47.8 Å². The molecule has 3 aromatic rings. The van der Waals surface area contributed by atoms with Crippen LogP contribution in [0.1, 0.15) is 30.1 Å². The van der Waals surface area contributed by atoms with E-state index in [1.165, 1.54) is 10.9 Å². The van der Waals surface area contributed by atoms with E-state index in [4.69, 9.17) is 17.3 Å². The molecule has 30 heavy (non-hydrogen) atoms. The quantitative estimate of drug-likeness (QED) is 0.471. The third-order valence-electron chi connectivity index (χ3n) is 5.38. The van der Waals surface area contributed by atoms with Gasteiger partial charge < -0.3 is 20.8 Å². The van der Waals surface area contributed by atoms with Crippen molar-refractivity contribution in [2.45, 2.75) is 32.0 Å². The molecule has 4 heterocycles. The molecule has 3 aromatic heterocycles. The number of hydrogen-bond donors (Lipinski definition) is 3. The van der Waals surface area contributed by atoms with Crippen LogP contribution in [-0.4, -0.2) is 54.6 Å². The average molecular weight is 496 g/mol. The molecule has 11 heteroatoms. The Morgan fingerprint density at radius 2 is 2.10 bits per heavy atom. The second-order valence-corrected chi connectivity index (χ2v) is 8.75. The molecular weight excluding hydrogens is 476 g/mol. The number of hydrogen-bond acceptors (Lipinski definition) is 7. The van der Waals surface area contributed by atoms with E-state index in [1.54, 1.807) is 12.1 Å². The molecule has 1 aliphatic rings. The summed E-state index contributed by atoms with van der Waals surface area (Å²) in [6.07, 6.45) is 3.06. The Morgan fingerprint density at radius 3 is 2.73 bits per heavy atom. The highest BCUT2D eigenvalue weighted by Gasteiger charge is 2.29. The lowest BCUT2D eigenvalue weighted by atomic mass is 9.91.